The normalized spacial score (nSPS) is 19.9. The third-order valence-electron chi connectivity index (χ3n) is 4.91. The second-order valence-electron chi connectivity index (χ2n) is 7.33. The van der Waals surface area contributed by atoms with E-state index < -0.39 is 5.41 Å². The number of urea groups is 1. The fraction of sp³-hybridized carbons (Fsp3) is 0.600. The van der Waals surface area contributed by atoms with Crippen molar-refractivity contribution in [2.45, 2.75) is 39.7 Å². The minimum Gasteiger partial charge on any atom is -0.385 e. The summed E-state index contributed by atoms with van der Waals surface area (Å²) in [6.45, 7) is 6.85. The van der Waals surface area contributed by atoms with Crippen LogP contribution in [0.5, 0.6) is 0 Å². The third kappa shape index (κ3) is 5.73. The fourth-order valence-corrected chi connectivity index (χ4v) is 3.22. The lowest BCUT2D eigenvalue weighted by Gasteiger charge is -2.39. The Labute approximate surface area is 156 Å². The molecule has 0 saturated carbocycles. The van der Waals surface area contributed by atoms with Crippen LogP contribution in [0.3, 0.4) is 0 Å². The number of nitrogens with one attached hydrogen (secondary N) is 2. The first-order valence-corrected chi connectivity index (χ1v) is 9.30. The molecule has 1 fully saturated rings. The highest BCUT2D eigenvalue weighted by molar-refractivity contribution is 5.84. The number of piperidine rings is 1. The van der Waals surface area contributed by atoms with E-state index in [1.165, 1.54) is 5.56 Å². The largest absolute Gasteiger partial charge is 0.385 e. The van der Waals surface area contributed by atoms with Gasteiger partial charge in [-0.3, -0.25) is 4.79 Å². The van der Waals surface area contributed by atoms with Gasteiger partial charge in [0.05, 0.1) is 5.41 Å². The summed E-state index contributed by atoms with van der Waals surface area (Å²) in [6, 6.07) is 8.04. The molecule has 1 heterocycles. The van der Waals surface area contributed by atoms with Crippen LogP contribution >= 0.6 is 0 Å². The number of ether oxygens (including phenoxy) is 1. The van der Waals surface area contributed by atoms with Crippen LogP contribution in [0.1, 0.15) is 37.3 Å². The Balaban J connectivity index is 1.85. The maximum absolute atomic E-state index is 12.7. The number of methoxy groups -OCH3 is 1. The average Bonchev–Trinajstić information content (AvgIpc) is 2.64. The Morgan fingerprint density at radius 1 is 1.23 bits per heavy atom. The number of carbonyl (C=O) groups excluding carboxylic acids is 2. The van der Waals surface area contributed by atoms with E-state index in [-0.39, 0.29) is 11.9 Å². The van der Waals surface area contributed by atoms with Crippen LogP contribution in [0.25, 0.3) is 0 Å². The van der Waals surface area contributed by atoms with Crippen molar-refractivity contribution in [3.05, 3.63) is 35.4 Å². The molecule has 6 heteroatoms. The highest BCUT2D eigenvalue weighted by Crippen LogP contribution is 2.29. The standard InChI is InChI=1S/C20H31N3O3/c1-16-6-8-17(9-7-16)14-22-18(24)20(2)10-4-12-23(15-20)19(25)21-11-5-13-26-3/h6-9H,4-5,10-15H2,1-3H3,(H,21,25)(H,22,24). The van der Waals surface area contributed by atoms with Crippen molar-refractivity contribution < 1.29 is 14.3 Å². The van der Waals surface area contributed by atoms with Gasteiger partial charge in [-0.25, -0.2) is 4.79 Å². The van der Waals surface area contributed by atoms with Gasteiger partial charge in [0.25, 0.3) is 0 Å². The number of hydrogen-bond donors (Lipinski definition) is 2. The van der Waals surface area contributed by atoms with Crippen LogP contribution in [-0.4, -0.2) is 50.2 Å². The Hall–Kier alpha value is -2.08. The molecule has 1 unspecified atom stereocenters. The highest BCUT2D eigenvalue weighted by atomic mass is 16.5. The van der Waals surface area contributed by atoms with Gasteiger partial charge in [0.1, 0.15) is 0 Å². The molecule has 144 valence electrons. The van der Waals surface area contributed by atoms with E-state index in [0.717, 1.165) is 24.8 Å². The minimum atomic E-state index is -0.549. The number of amides is 3. The number of aryl methyl sites for hydroxylation is 1. The third-order valence-corrected chi connectivity index (χ3v) is 4.91. The van der Waals surface area contributed by atoms with Gasteiger partial charge in [0.2, 0.25) is 5.91 Å². The zero-order chi connectivity index (χ0) is 19.0. The first-order valence-electron chi connectivity index (χ1n) is 9.30. The van der Waals surface area contributed by atoms with Crippen LogP contribution in [0.15, 0.2) is 24.3 Å². The van der Waals surface area contributed by atoms with Crippen molar-refractivity contribution in [2.24, 2.45) is 5.41 Å². The molecule has 2 rings (SSSR count). The summed E-state index contributed by atoms with van der Waals surface area (Å²) in [5.74, 6) is 0.00922. The van der Waals surface area contributed by atoms with Gasteiger partial charge < -0.3 is 20.3 Å². The molecule has 1 atom stereocenters. The average molecular weight is 361 g/mol. The molecule has 1 saturated heterocycles. The molecule has 1 aromatic carbocycles. The monoisotopic (exact) mass is 361 g/mol. The SMILES string of the molecule is COCCCNC(=O)N1CCCC(C)(C(=O)NCc2ccc(C)cc2)C1. The smallest absolute Gasteiger partial charge is 0.317 e. The van der Waals surface area contributed by atoms with Gasteiger partial charge in [-0.05, 0) is 38.7 Å². The number of hydrogen-bond acceptors (Lipinski definition) is 3. The predicted molar refractivity (Wildman–Crippen MR) is 102 cm³/mol. The molecule has 0 aromatic heterocycles. The predicted octanol–water partition coefficient (Wildman–Crippen LogP) is 2.46. The molecule has 1 aliphatic rings. The van der Waals surface area contributed by atoms with Gasteiger partial charge in [0, 0.05) is 39.9 Å². The molecule has 1 aliphatic heterocycles. The summed E-state index contributed by atoms with van der Waals surface area (Å²) in [5.41, 5.74) is 1.73. The van der Waals surface area contributed by atoms with Gasteiger partial charge in [0.15, 0.2) is 0 Å². The van der Waals surface area contributed by atoms with Crippen molar-refractivity contribution in [3.8, 4) is 0 Å². The molecule has 2 N–H and O–H groups in total. The highest BCUT2D eigenvalue weighted by Gasteiger charge is 2.39. The van der Waals surface area contributed by atoms with E-state index in [2.05, 4.69) is 10.6 Å². The van der Waals surface area contributed by atoms with Gasteiger partial charge >= 0.3 is 6.03 Å². The summed E-state index contributed by atoms with van der Waals surface area (Å²) >= 11 is 0. The van der Waals surface area contributed by atoms with Gasteiger partial charge in [-0.2, -0.15) is 0 Å². The maximum atomic E-state index is 12.7. The maximum Gasteiger partial charge on any atom is 0.317 e. The summed E-state index contributed by atoms with van der Waals surface area (Å²) in [6.07, 6.45) is 2.41. The molecular formula is C20H31N3O3. The Bertz CT molecular complexity index is 603. The summed E-state index contributed by atoms with van der Waals surface area (Å²) < 4.78 is 4.99. The Morgan fingerprint density at radius 2 is 1.96 bits per heavy atom. The lowest BCUT2D eigenvalue weighted by Crippen LogP contribution is -2.54. The number of likely N-dealkylation sites (tertiary alicyclic amines) is 1. The molecule has 26 heavy (non-hydrogen) atoms. The van der Waals surface area contributed by atoms with E-state index in [1.807, 2.05) is 38.1 Å². The van der Waals surface area contributed by atoms with E-state index in [1.54, 1.807) is 12.0 Å². The van der Waals surface area contributed by atoms with E-state index in [0.29, 0.717) is 32.8 Å². The lowest BCUT2D eigenvalue weighted by molar-refractivity contribution is -0.132. The minimum absolute atomic E-state index is 0.00922. The molecule has 0 radical (unpaired) electrons. The van der Waals surface area contributed by atoms with Crippen LogP contribution in [-0.2, 0) is 16.1 Å². The molecule has 0 aliphatic carbocycles. The second-order valence-corrected chi connectivity index (χ2v) is 7.33. The molecule has 1 aromatic rings. The van der Waals surface area contributed by atoms with Crippen molar-refractivity contribution in [1.29, 1.82) is 0 Å². The van der Waals surface area contributed by atoms with Gasteiger partial charge in [-0.1, -0.05) is 29.8 Å². The molecule has 0 bridgehead atoms. The van der Waals surface area contributed by atoms with Crippen LogP contribution in [0.2, 0.25) is 0 Å². The van der Waals surface area contributed by atoms with Crippen molar-refractivity contribution in [2.75, 3.05) is 33.4 Å². The molecular weight excluding hydrogens is 330 g/mol. The Kier molecular flexibility index (Phi) is 7.45. The molecule has 0 spiro atoms. The Morgan fingerprint density at radius 3 is 2.65 bits per heavy atom. The zero-order valence-corrected chi connectivity index (χ0v) is 16.1. The van der Waals surface area contributed by atoms with Crippen molar-refractivity contribution >= 4 is 11.9 Å². The topological polar surface area (TPSA) is 70.7 Å². The zero-order valence-electron chi connectivity index (χ0n) is 16.1. The number of benzene rings is 1. The van der Waals surface area contributed by atoms with Crippen LogP contribution in [0, 0.1) is 12.3 Å². The first kappa shape index (κ1) is 20.2. The van der Waals surface area contributed by atoms with Crippen molar-refractivity contribution in [3.63, 3.8) is 0 Å². The van der Waals surface area contributed by atoms with Crippen LogP contribution in [0.4, 0.5) is 4.79 Å². The molecule has 3 amide bonds. The van der Waals surface area contributed by atoms with Crippen LogP contribution < -0.4 is 10.6 Å². The molecule has 6 nitrogen and oxygen atoms in total. The summed E-state index contributed by atoms with van der Waals surface area (Å²) in [4.78, 5) is 26.8. The van der Waals surface area contributed by atoms with E-state index in [4.69, 9.17) is 4.74 Å². The van der Waals surface area contributed by atoms with Gasteiger partial charge in [-0.15, -0.1) is 0 Å². The second kappa shape index (κ2) is 9.57. The summed E-state index contributed by atoms with van der Waals surface area (Å²) in [5, 5.41) is 5.94. The number of rotatable bonds is 7. The number of carbonyl (C=O) groups is 2. The quantitative estimate of drug-likeness (QED) is 0.733. The summed E-state index contributed by atoms with van der Waals surface area (Å²) in [7, 11) is 1.65. The van der Waals surface area contributed by atoms with E-state index >= 15 is 0 Å². The fourth-order valence-electron chi connectivity index (χ4n) is 3.22. The van der Waals surface area contributed by atoms with Crippen molar-refractivity contribution in [1.82, 2.24) is 15.5 Å². The lowest BCUT2D eigenvalue weighted by atomic mass is 9.81. The van der Waals surface area contributed by atoms with E-state index in [9.17, 15) is 9.59 Å². The first-order chi connectivity index (χ1) is 12.4. The number of nitrogens with zero attached hydrogens (tertiary/aromatic N) is 1.